The van der Waals surface area contributed by atoms with Crippen molar-refractivity contribution >= 4 is 40.6 Å². The molecule has 0 spiro atoms. The van der Waals surface area contributed by atoms with Crippen LogP contribution in [-0.2, 0) is 11.3 Å². The molecule has 3 heterocycles. The lowest BCUT2D eigenvalue weighted by molar-refractivity contribution is 0.0564. The molecule has 10 heteroatoms. The molecule has 2 aromatic heterocycles. The van der Waals surface area contributed by atoms with E-state index in [9.17, 15) is 9.59 Å². The molecule has 30 heavy (non-hydrogen) atoms. The van der Waals surface area contributed by atoms with Crippen molar-refractivity contribution in [1.82, 2.24) is 15.2 Å². The Hall–Kier alpha value is -2.88. The van der Waals surface area contributed by atoms with Gasteiger partial charge in [0.05, 0.1) is 34.7 Å². The van der Waals surface area contributed by atoms with Crippen LogP contribution < -0.4 is 10.6 Å². The van der Waals surface area contributed by atoms with Crippen molar-refractivity contribution in [2.45, 2.75) is 6.54 Å². The number of benzene rings is 1. The maximum absolute atomic E-state index is 12.2. The van der Waals surface area contributed by atoms with Gasteiger partial charge in [-0.1, -0.05) is 11.6 Å². The minimum absolute atomic E-state index is 0.146. The van der Waals surface area contributed by atoms with Crippen molar-refractivity contribution < 1.29 is 18.7 Å². The van der Waals surface area contributed by atoms with Crippen LogP contribution in [0.15, 0.2) is 47.1 Å². The molecule has 1 fully saturated rings. The summed E-state index contributed by atoms with van der Waals surface area (Å²) in [6, 6.07) is 10.4. The number of amides is 3. The van der Waals surface area contributed by atoms with Crippen LogP contribution in [0.25, 0.3) is 11.5 Å². The molecule has 0 atom stereocenters. The number of halogens is 1. The molecule has 4 rings (SSSR count). The summed E-state index contributed by atoms with van der Waals surface area (Å²) in [5.41, 5.74) is 2.05. The van der Waals surface area contributed by atoms with Crippen molar-refractivity contribution in [3.63, 3.8) is 0 Å². The summed E-state index contributed by atoms with van der Waals surface area (Å²) >= 11 is 7.07. The zero-order chi connectivity index (χ0) is 20.9. The highest BCUT2D eigenvalue weighted by molar-refractivity contribution is 7.17. The number of oxazole rings is 1. The third-order valence-electron chi connectivity index (χ3n) is 4.46. The molecular formula is C20H19ClN4O4S. The topological polar surface area (TPSA) is 96.7 Å². The van der Waals surface area contributed by atoms with E-state index in [1.54, 1.807) is 29.2 Å². The van der Waals surface area contributed by atoms with Gasteiger partial charge in [0.1, 0.15) is 6.26 Å². The second-order valence-corrected chi connectivity index (χ2v) is 8.25. The van der Waals surface area contributed by atoms with Crippen molar-refractivity contribution in [2.24, 2.45) is 0 Å². The monoisotopic (exact) mass is 446 g/mol. The molecule has 0 radical (unpaired) electrons. The SMILES string of the molecule is O=C(NCc1coc(-c2ccc(NC(=O)N3CCOCC3)cc2)n1)c1ccc(Cl)s1. The average Bonchev–Trinajstić information content (AvgIpc) is 3.42. The molecule has 3 amide bonds. The summed E-state index contributed by atoms with van der Waals surface area (Å²) in [6.07, 6.45) is 1.51. The Kier molecular flexibility index (Phi) is 6.32. The van der Waals surface area contributed by atoms with E-state index in [0.717, 1.165) is 5.56 Å². The smallest absolute Gasteiger partial charge is 0.321 e. The highest BCUT2D eigenvalue weighted by atomic mass is 35.5. The van der Waals surface area contributed by atoms with Gasteiger partial charge in [0.25, 0.3) is 5.91 Å². The highest BCUT2D eigenvalue weighted by Crippen LogP contribution is 2.23. The quantitative estimate of drug-likeness (QED) is 0.620. The van der Waals surface area contributed by atoms with Crippen LogP contribution in [0.3, 0.4) is 0 Å². The summed E-state index contributed by atoms with van der Waals surface area (Å²) in [7, 11) is 0. The Balaban J connectivity index is 1.32. The van der Waals surface area contributed by atoms with Gasteiger partial charge < -0.3 is 24.7 Å². The Labute approximate surface area is 181 Å². The first kappa shape index (κ1) is 20.4. The van der Waals surface area contributed by atoms with E-state index in [2.05, 4.69) is 15.6 Å². The molecule has 0 bridgehead atoms. The molecule has 1 aliphatic rings. The number of urea groups is 1. The predicted octanol–water partition coefficient (Wildman–Crippen LogP) is 3.85. The molecular weight excluding hydrogens is 428 g/mol. The average molecular weight is 447 g/mol. The second kappa shape index (κ2) is 9.29. The van der Waals surface area contributed by atoms with E-state index in [4.69, 9.17) is 20.8 Å². The van der Waals surface area contributed by atoms with Crippen LogP contribution in [0.5, 0.6) is 0 Å². The van der Waals surface area contributed by atoms with Gasteiger partial charge in [-0.05, 0) is 36.4 Å². The lowest BCUT2D eigenvalue weighted by Gasteiger charge is -2.26. The molecule has 0 unspecified atom stereocenters. The normalized spacial score (nSPS) is 13.8. The molecule has 1 aromatic carbocycles. The maximum Gasteiger partial charge on any atom is 0.321 e. The van der Waals surface area contributed by atoms with Gasteiger partial charge in [-0.25, -0.2) is 9.78 Å². The fourth-order valence-electron chi connectivity index (χ4n) is 2.88. The van der Waals surface area contributed by atoms with Crippen LogP contribution in [0.4, 0.5) is 10.5 Å². The number of nitrogens with zero attached hydrogens (tertiary/aromatic N) is 2. The lowest BCUT2D eigenvalue weighted by Crippen LogP contribution is -2.43. The van der Waals surface area contributed by atoms with Crippen molar-refractivity contribution in [3.8, 4) is 11.5 Å². The third-order valence-corrected chi connectivity index (χ3v) is 5.69. The number of hydrogen-bond donors (Lipinski definition) is 2. The van der Waals surface area contributed by atoms with Crippen molar-refractivity contribution in [3.05, 3.63) is 57.6 Å². The van der Waals surface area contributed by atoms with E-state index in [1.807, 2.05) is 12.1 Å². The second-order valence-electron chi connectivity index (χ2n) is 6.54. The van der Waals surface area contributed by atoms with E-state index in [1.165, 1.54) is 17.6 Å². The zero-order valence-electron chi connectivity index (χ0n) is 15.9. The minimum atomic E-state index is -0.211. The number of morpholine rings is 1. The predicted molar refractivity (Wildman–Crippen MR) is 114 cm³/mol. The molecule has 0 saturated carbocycles. The molecule has 8 nitrogen and oxygen atoms in total. The van der Waals surface area contributed by atoms with E-state index in [0.29, 0.717) is 52.8 Å². The largest absolute Gasteiger partial charge is 0.444 e. The third kappa shape index (κ3) is 4.99. The van der Waals surface area contributed by atoms with Gasteiger partial charge in [0, 0.05) is 24.3 Å². The number of rotatable bonds is 5. The first-order chi connectivity index (χ1) is 14.6. The fourth-order valence-corrected chi connectivity index (χ4v) is 3.84. The van der Waals surface area contributed by atoms with E-state index < -0.39 is 0 Å². The molecule has 156 valence electrons. The van der Waals surface area contributed by atoms with Crippen LogP contribution in [-0.4, -0.2) is 48.1 Å². The Bertz CT molecular complexity index is 1030. The molecule has 2 N–H and O–H groups in total. The van der Waals surface area contributed by atoms with Gasteiger partial charge in [0.2, 0.25) is 5.89 Å². The number of thiophene rings is 1. The summed E-state index contributed by atoms with van der Waals surface area (Å²) in [5, 5.41) is 5.65. The molecule has 3 aromatic rings. The number of nitrogens with one attached hydrogen (secondary N) is 2. The number of aromatic nitrogens is 1. The van der Waals surface area contributed by atoms with Crippen LogP contribution in [0.2, 0.25) is 4.34 Å². The summed E-state index contributed by atoms with van der Waals surface area (Å²) < 4.78 is 11.3. The van der Waals surface area contributed by atoms with Gasteiger partial charge >= 0.3 is 6.03 Å². The van der Waals surface area contributed by atoms with Gasteiger partial charge in [-0.3, -0.25) is 4.79 Å². The Morgan fingerprint density at radius 2 is 1.90 bits per heavy atom. The van der Waals surface area contributed by atoms with Crippen LogP contribution in [0, 0.1) is 0 Å². The van der Waals surface area contributed by atoms with Gasteiger partial charge in [-0.15, -0.1) is 11.3 Å². The summed E-state index contributed by atoms with van der Waals surface area (Å²) in [5.74, 6) is 0.223. The number of ether oxygens (including phenoxy) is 1. The Morgan fingerprint density at radius 3 is 2.60 bits per heavy atom. The van der Waals surface area contributed by atoms with Gasteiger partial charge in [-0.2, -0.15) is 0 Å². The Morgan fingerprint density at radius 1 is 1.13 bits per heavy atom. The lowest BCUT2D eigenvalue weighted by atomic mass is 10.2. The minimum Gasteiger partial charge on any atom is -0.444 e. The molecule has 1 aliphatic heterocycles. The number of hydrogen-bond acceptors (Lipinski definition) is 6. The zero-order valence-corrected chi connectivity index (χ0v) is 17.5. The highest BCUT2D eigenvalue weighted by Gasteiger charge is 2.17. The number of carbonyl (C=O) groups excluding carboxylic acids is 2. The standard InChI is InChI=1S/C20H19ClN4O4S/c21-17-6-5-16(30-17)18(26)22-11-15-12-29-19(23-15)13-1-3-14(4-2-13)24-20(27)25-7-9-28-10-8-25/h1-6,12H,7-11H2,(H,22,26)(H,24,27). The first-order valence-corrected chi connectivity index (χ1v) is 10.5. The van der Waals surface area contributed by atoms with E-state index >= 15 is 0 Å². The fraction of sp³-hybridized carbons (Fsp3) is 0.250. The van der Waals surface area contributed by atoms with Crippen molar-refractivity contribution in [2.75, 3.05) is 31.6 Å². The van der Waals surface area contributed by atoms with Crippen LogP contribution >= 0.6 is 22.9 Å². The van der Waals surface area contributed by atoms with Gasteiger partial charge in [0.15, 0.2) is 0 Å². The molecule has 1 saturated heterocycles. The first-order valence-electron chi connectivity index (χ1n) is 9.30. The molecule has 0 aliphatic carbocycles. The van der Waals surface area contributed by atoms with Crippen LogP contribution in [0.1, 0.15) is 15.4 Å². The summed E-state index contributed by atoms with van der Waals surface area (Å²) in [4.78, 5) is 31.0. The maximum atomic E-state index is 12.2. The number of carbonyl (C=O) groups is 2. The van der Waals surface area contributed by atoms with Crippen molar-refractivity contribution in [1.29, 1.82) is 0 Å². The summed E-state index contributed by atoms with van der Waals surface area (Å²) in [6.45, 7) is 2.52. The number of anilines is 1. The van der Waals surface area contributed by atoms with E-state index in [-0.39, 0.29) is 18.5 Å².